The second-order valence-electron chi connectivity index (χ2n) is 6.24. The van der Waals surface area contributed by atoms with Gasteiger partial charge < -0.3 is 15.7 Å². The molecule has 0 fully saturated rings. The summed E-state index contributed by atoms with van der Waals surface area (Å²) in [6.45, 7) is 1.41. The van der Waals surface area contributed by atoms with Crippen molar-refractivity contribution < 1.29 is 23.5 Å². The van der Waals surface area contributed by atoms with Crippen molar-refractivity contribution in [2.75, 3.05) is 11.9 Å². The van der Waals surface area contributed by atoms with E-state index in [0.717, 1.165) is 17.7 Å². The molecule has 0 heterocycles. The van der Waals surface area contributed by atoms with E-state index in [9.17, 15) is 23.5 Å². The minimum Gasteiger partial charge on any atom is -0.388 e. The number of carbonyl (C=O) groups excluding carboxylic acids is 2. The van der Waals surface area contributed by atoms with Crippen LogP contribution in [0.15, 0.2) is 48.5 Å². The van der Waals surface area contributed by atoms with Gasteiger partial charge >= 0.3 is 11.8 Å². The highest BCUT2D eigenvalue weighted by Crippen LogP contribution is 2.15. The van der Waals surface area contributed by atoms with Gasteiger partial charge in [-0.1, -0.05) is 30.3 Å². The first kappa shape index (κ1) is 19.5. The van der Waals surface area contributed by atoms with E-state index in [4.69, 9.17) is 0 Å². The lowest BCUT2D eigenvalue weighted by molar-refractivity contribution is -0.136. The number of aliphatic hydroxyl groups is 1. The quantitative estimate of drug-likeness (QED) is 0.691. The fourth-order valence-corrected chi connectivity index (χ4v) is 2.27. The van der Waals surface area contributed by atoms with Crippen LogP contribution in [0.25, 0.3) is 0 Å². The standard InChI is InChI=1S/C19H20F2N2O3/c1-19(26,10-9-13-5-3-2-4-6-13)12-22-17(24)18(25)23-16-8-7-14(20)11-15(16)21/h2-8,11,26H,9-10,12H2,1H3,(H,22,24)(H,23,25). The molecular weight excluding hydrogens is 342 g/mol. The predicted molar refractivity (Wildman–Crippen MR) is 93.4 cm³/mol. The molecule has 0 aliphatic carbocycles. The van der Waals surface area contributed by atoms with Gasteiger partial charge in [0.15, 0.2) is 0 Å². The van der Waals surface area contributed by atoms with Crippen LogP contribution in [-0.4, -0.2) is 29.1 Å². The summed E-state index contributed by atoms with van der Waals surface area (Å²) in [6.07, 6.45) is 0.988. The van der Waals surface area contributed by atoms with Crippen LogP contribution in [0, 0.1) is 11.6 Å². The second-order valence-corrected chi connectivity index (χ2v) is 6.24. The van der Waals surface area contributed by atoms with Gasteiger partial charge in [0.2, 0.25) is 0 Å². The highest BCUT2D eigenvalue weighted by Gasteiger charge is 2.23. The molecule has 0 saturated heterocycles. The van der Waals surface area contributed by atoms with Gasteiger partial charge in [-0.3, -0.25) is 9.59 Å². The van der Waals surface area contributed by atoms with E-state index in [2.05, 4.69) is 10.6 Å². The summed E-state index contributed by atoms with van der Waals surface area (Å²) >= 11 is 0. The van der Waals surface area contributed by atoms with E-state index < -0.39 is 29.0 Å². The third-order valence-corrected chi connectivity index (χ3v) is 3.81. The van der Waals surface area contributed by atoms with Crippen molar-refractivity contribution in [3.63, 3.8) is 0 Å². The molecule has 3 N–H and O–H groups in total. The highest BCUT2D eigenvalue weighted by atomic mass is 19.1. The van der Waals surface area contributed by atoms with Crippen LogP contribution >= 0.6 is 0 Å². The average Bonchev–Trinajstić information content (AvgIpc) is 2.61. The third kappa shape index (κ3) is 5.93. The lowest BCUT2D eigenvalue weighted by Gasteiger charge is -2.23. The van der Waals surface area contributed by atoms with Gasteiger partial charge in [0.05, 0.1) is 11.3 Å². The Morgan fingerprint density at radius 3 is 2.42 bits per heavy atom. The summed E-state index contributed by atoms with van der Waals surface area (Å²) in [5.41, 5.74) is -0.474. The van der Waals surface area contributed by atoms with Crippen molar-refractivity contribution in [2.24, 2.45) is 0 Å². The normalized spacial score (nSPS) is 12.9. The number of nitrogens with one attached hydrogen (secondary N) is 2. The Balaban J connectivity index is 1.83. The Morgan fingerprint density at radius 1 is 1.08 bits per heavy atom. The largest absolute Gasteiger partial charge is 0.388 e. The van der Waals surface area contributed by atoms with Gasteiger partial charge in [-0.05, 0) is 37.5 Å². The zero-order valence-corrected chi connectivity index (χ0v) is 14.3. The maximum absolute atomic E-state index is 13.5. The first-order valence-corrected chi connectivity index (χ1v) is 8.07. The second kappa shape index (κ2) is 8.53. The SMILES string of the molecule is CC(O)(CCc1ccccc1)CNC(=O)C(=O)Nc1ccc(F)cc1F. The molecule has 26 heavy (non-hydrogen) atoms. The molecule has 0 spiro atoms. The summed E-state index contributed by atoms with van der Waals surface area (Å²) in [6, 6.07) is 12.1. The number of aryl methyl sites for hydroxylation is 1. The molecule has 0 aliphatic rings. The van der Waals surface area contributed by atoms with Crippen LogP contribution in [0.5, 0.6) is 0 Å². The van der Waals surface area contributed by atoms with Crippen LogP contribution in [0.3, 0.4) is 0 Å². The zero-order valence-electron chi connectivity index (χ0n) is 14.3. The van der Waals surface area contributed by atoms with Gasteiger partial charge in [0.1, 0.15) is 11.6 Å². The number of halogens is 2. The van der Waals surface area contributed by atoms with E-state index in [-0.39, 0.29) is 12.2 Å². The Bertz CT molecular complexity index is 780. The van der Waals surface area contributed by atoms with Crippen molar-refractivity contribution in [3.8, 4) is 0 Å². The lowest BCUT2D eigenvalue weighted by atomic mass is 9.97. The molecule has 1 atom stereocenters. The van der Waals surface area contributed by atoms with Crippen LogP contribution in [0.2, 0.25) is 0 Å². The van der Waals surface area contributed by atoms with Gasteiger partial charge in [0, 0.05) is 12.6 Å². The predicted octanol–water partition coefficient (Wildman–Crippen LogP) is 2.40. The van der Waals surface area contributed by atoms with Crippen LogP contribution < -0.4 is 10.6 Å². The molecule has 138 valence electrons. The fourth-order valence-electron chi connectivity index (χ4n) is 2.27. The molecule has 2 rings (SSSR count). The van der Waals surface area contributed by atoms with E-state index in [0.29, 0.717) is 18.9 Å². The molecule has 0 aromatic heterocycles. The monoisotopic (exact) mass is 362 g/mol. The van der Waals surface area contributed by atoms with E-state index in [1.54, 1.807) is 6.92 Å². The molecule has 5 nitrogen and oxygen atoms in total. The van der Waals surface area contributed by atoms with Crippen LogP contribution in [-0.2, 0) is 16.0 Å². The molecule has 7 heteroatoms. The lowest BCUT2D eigenvalue weighted by Crippen LogP contribution is -2.44. The van der Waals surface area contributed by atoms with E-state index in [1.807, 2.05) is 30.3 Å². The van der Waals surface area contributed by atoms with E-state index in [1.165, 1.54) is 0 Å². The topological polar surface area (TPSA) is 78.4 Å². The smallest absolute Gasteiger partial charge is 0.313 e. The van der Waals surface area contributed by atoms with Crippen molar-refractivity contribution in [2.45, 2.75) is 25.4 Å². The van der Waals surface area contributed by atoms with E-state index >= 15 is 0 Å². The van der Waals surface area contributed by atoms with Crippen molar-refractivity contribution in [3.05, 3.63) is 65.7 Å². The Morgan fingerprint density at radius 2 is 1.77 bits per heavy atom. The van der Waals surface area contributed by atoms with Crippen LogP contribution in [0.4, 0.5) is 14.5 Å². The number of carbonyl (C=O) groups is 2. The van der Waals surface area contributed by atoms with Crippen LogP contribution in [0.1, 0.15) is 18.9 Å². The van der Waals surface area contributed by atoms with Crippen molar-refractivity contribution in [1.82, 2.24) is 5.32 Å². The summed E-state index contributed by atoms with van der Waals surface area (Å²) < 4.78 is 26.3. The minimum absolute atomic E-state index is 0.141. The number of hydrogen-bond acceptors (Lipinski definition) is 3. The Labute approximate surface area is 150 Å². The third-order valence-electron chi connectivity index (χ3n) is 3.81. The molecule has 0 bridgehead atoms. The number of amides is 2. The van der Waals surface area contributed by atoms with Gasteiger partial charge in [0.25, 0.3) is 0 Å². The molecule has 1 unspecified atom stereocenters. The van der Waals surface area contributed by atoms with Gasteiger partial charge in [-0.15, -0.1) is 0 Å². The number of anilines is 1. The number of benzene rings is 2. The number of rotatable bonds is 6. The molecule has 2 aromatic carbocycles. The molecule has 0 saturated carbocycles. The zero-order chi connectivity index (χ0) is 19.2. The summed E-state index contributed by atoms with van der Waals surface area (Å²) in [7, 11) is 0. The summed E-state index contributed by atoms with van der Waals surface area (Å²) in [5.74, 6) is -3.90. The summed E-state index contributed by atoms with van der Waals surface area (Å²) in [5, 5.41) is 14.7. The van der Waals surface area contributed by atoms with Gasteiger partial charge in [-0.2, -0.15) is 0 Å². The Hall–Kier alpha value is -2.80. The Kier molecular flexibility index (Phi) is 6.41. The molecule has 2 amide bonds. The first-order chi connectivity index (χ1) is 12.3. The molecule has 0 radical (unpaired) electrons. The first-order valence-electron chi connectivity index (χ1n) is 8.07. The maximum atomic E-state index is 13.5. The summed E-state index contributed by atoms with van der Waals surface area (Å²) in [4.78, 5) is 23.6. The average molecular weight is 362 g/mol. The maximum Gasteiger partial charge on any atom is 0.313 e. The molecule has 2 aromatic rings. The van der Waals surface area contributed by atoms with Crippen molar-refractivity contribution in [1.29, 1.82) is 0 Å². The fraction of sp³-hybridized carbons (Fsp3) is 0.263. The molecular formula is C19H20F2N2O3. The highest BCUT2D eigenvalue weighted by molar-refractivity contribution is 6.39. The molecule has 0 aliphatic heterocycles. The van der Waals surface area contributed by atoms with Crippen molar-refractivity contribution >= 4 is 17.5 Å². The van der Waals surface area contributed by atoms with Gasteiger partial charge in [-0.25, -0.2) is 8.78 Å². The number of hydrogen-bond donors (Lipinski definition) is 3. The minimum atomic E-state index is -1.22.